The fourth-order valence-electron chi connectivity index (χ4n) is 2.89. The van der Waals surface area contributed by atoms with Gasteiger partial charge in [-0.15, -0.1) is 0 Å². The summed E-state index contributed by atoms with van der Waals surface area (Å²) in [6.45, 7) is 6.15. The van der Waals surface area contributed by atoms with Crippen LogP contribution in [0.5, 0.6) is 0 Å². The van der Waals surface area contributed by atoms with Gasteiger partial charge in [0.15, 0.2) is 0 Å². The molecule has 2 atom stereocenters. The smallest absolute Gasteiger partial charge is 0.228 e. The number of nitrogens with one attached hydrogen (secondary N) is 2. The topological polar surface area (TPSA) is 58.2 Å². The van der Waals surface area contributed by atoms with Gasteiger partial charge < -0.3 is 10.6 Å². The van der Waals surface area contributed by atoms with Crippen molar-refractivity contribution in [3.05, 3.63) is 59.2 Å². The molecule has 0 saturated heterocycles. The fraction of sp³-hybridized carbons (Fsp3) is 0.333. The highest BCUT2D eigenvalue weighted by Gasteiger charge is 2.48. The van der Waals surface area contributed by atoms with Crippen LogP contribution in [0.3, 0.4) is 0 Å². The van der Waals surface area contributed by atoms with Crippen molar-refractivity contribution in [2.75, 3.05) is 10.6 Å². The van der Waals surface area contributed by atoms with Crippen LogP contribution in [0, 0.1) is 25.7 Å². The van der Waals surface area contributed by atoms with E-state index in [0.717, 1.165) is 23.4 Å². The van der Waals surface area contributed by atoms with Gasteiger partial charge in [0.05, 0.1) is 11.8 Å². The fourth-order valence-corrected chi connectivity index (χ4v) is 2.89. The lowest BCUT2D eigenvalue weighted by atomic mass is 10.1. The molecule has 2 unspecified atom stereocenters. The van der Waals surface area contributed by atoms with Gasteiger partial charge in [0, 0.05) is 11.4 Å². The molecule has 130 valence electrons. The third kappa shape index (κ3) is 4.08. The summed E-state index contributed by atoms with van der Waals surface area (Å²) in [6, 6.07) is 13.7. The number of aryl methyl sites for hydroxylation is 3. The van der Waals surface area contributed by atoms with Crippen LogP contribution in [-0.2, 0) is 16.0 Å². The molecule has 0 heterocycles. The maximum absolute atomic E-state index is 12.3. The summed E-state index contributed by atoms with van der Waals surface area (Å²) in [5.41, 5.74) is 5.13. The minimum absolute atomic E-state index is 0.0790. The first kappa shape index (κ1) is 17.2. The minimum atomic E-state index is -0.239. The first-order valence-electron chi connectivity index (χ1n) is 8.76. The van der Waals surface area contributed by atoms with E-state index in [9.17, 15) is 9.59 Å². The van der Waals surface area contributed by atoms with Crippen molar-refractivity contribution in [3.63, 3.8) is 0 Å². The maximum atomic E-state index is 12.3. The van der Waals surface area contributed by atoms with Crippen LogP contribution >= 0.6 is 0 Å². The highest BCUT2D eigenvalue weighted by molar-refractivity contribution is 6.03. The molecular weight excluding hydrogens is 312 g/mol. The second-order valence-corrected chi connectivity index (χ2v) is 6.78. The first-order valence-corrected chi connectivity index (χ1v) is 8.76. The monoisotopic (exact) mass is 336 g/mol. The van der Waals surface area contributed by atoms with E-state index >= 15 is 0 Å². The lowest BCUT2D eigenvalue weighted by Gasteiger charge is -2.08. The average molecular weight is 336 g/mol. The molecule has 1 aliphatic carbocycles. The number of hydrogen-bond donors (Lipinski definition) is 2. The van der Waals surface area contributed by atoms with Crippen molar-refractivity contribution in [2.24, 2.45) is 11.8 Å². The van der Waals surface area contributed by atoms with Gasteiger partial charge >= 0.3 is 0 Å². The van der Waals surface area contributed by atoms with Crippen LogP contribution in [0.15, 0.2) is 42.5 Å². The van der Waals surface area contributed by atoms with Gasteiger partial charge in [-0.3, -0.25) is 9.59 Å². The molecule has 0 aromatic heterocycles. The Morgan fingerprint density at radius 3 is 2.00 bits per heavy atom. The molecule has 1 aliphatic rings. The number of rotatable bonds is 5. The van der Waals surface area contributed by atoms with E-state index in [1.165, 1.54) is 11.1 Å². The van der Waals surface area contributed by atoms with Crippen LogP contribution in [-0.4, -0.2) is 11.8 Å². The summed E-state index contributed by atoms with van der Waals surface area (Å²) in [7, 11) is 0. The molecule has 0 spiro atoms. The second kappa shape index (κ2) is 7.09. The molecule has 0 bridgehead atoms. The molecule has 4 nitrogen and oxygen atoms in total. The molecule has 0 aliphatic heterocycles. The Morgan fingerprint density at radius 2 is 1.44 bits per heavy atom. The van der Waals surface area contributed by atoms with Gasteiger partial charge in [0.2, 0.25) is 11.8 Å². The van der Waals surface area contributed by atoms with E-state index in [1.807, 2.05) is 56.3 Å². The zero-order valence-electron chi connectivity index (χ0n) is 14.9. The summed E-state index contributed by atoms with van der Waals surface area (Å²) in [4.78, 5) is 24.6. The molecule has 1 saturated carbocycles. The van der Waals surface area contributed by atoms with Gasteiger partial charge in [-0.1, -0.05) is 25.1 Å². The van der Waals surface area contributed by atoms with Crippen molar-refractivity contribution in [3.8, 4) is 0 Å². The van der Waals surface area contributed by atoms with Gasteiger partial charge in [0.25, 0.3) is 0 Å². The van der Waals surface area contributed by atoms with Crippen LogP contribution in [0.4, 0.5) is 11.4 Å². The Bertz CT molecular complexity index is 796. The van der Waals surface area contributed by atoms with E-state index in [1.54, 1.807) is 0 Å². The summed E-state index contributed by atoms with van der Waals surface area (Å²) in [5, 5.41) is 5.82. The van der Waals surface area contributed by atoms with E-state index in [4.69, 9.17) is 0 Å². The zero-order chi connectivity index (χ0) is 18.0. The van der Waals surface area contributed by atoms with Gasteiger partial charge in [-0.05, 0) is 67.6 Å². The number of amides is 2. The highest BCUT2D eigenvalue weighted by Crippen LogP contribution is 2.40. The van der Waals surface area contributed by atoms with Crippen LogP contribution < -0.4 is 10.6 Å². The molecule has 25 heavy (non-hydrogen) atoms. The molecule has 2 aromatic rings. The third-order valence-corrected chi connectivity index (χ3v) is 4.87. The number of hydrogen-bond acceptors (Lipinski definition) is 2. The second-order valence-electron chi connectivity index (χ2n) is 6.78. The molecule has 2 aromatic carbocycles. The molecule has 0 radical (unpaired) electrons. The molecule has 3 rings (SSSR count). The average Bonchev–Trinajstić information content (AvgIpc) is 3.40. The summed E-state index contributed by atoms with van der Waals surface area (Å²) < 4.78 is 0. The zero-order valence-corrected chi connectivity index (χ0v) is 14.9. The van der Waals surface area contributed by atoms with Crippen molar-refractivity contribution >= 4 is 23.2 Å². The maximum Gasteiger partial charge on any atom is 0.228 e. The Morgan fingerprint density at radius 1 is 0.880 bits per heavy atom. The number of carbonyl (C=O) groups is 2. The first-order chi connectivity index (χ1) is 12.0. The Hall–Kier alpha value is -2.62. The Kier molecular flexibility index (Phi) is 4.88. The minimum Gasteiger partial charge on any atom is -0.326 e. The van der Waals surface area contributed by atoms with E-state index in [0.29, 0.717) is 6.42 Å². The number of anilines is 2. The largest absolute Gasteiger partial charge is 0.326 e. The van der Waals surface area contributed by atoms with Gasteiger partial charge in [0.1, 0.15) is 0 Å². The van der Waals surface area contributed by atoms with E-state index in [-0.39, 0.29) is 23.7 Å². The van der Waals surface area contributed by atoms with E-state index in [2.05, 4.69) is 17.6 Å². The molecular formula is C21H24N2O2. The Balaban J connectivity index is 1.54. The van der Waals surface area contributed by atoms with E-state index < -0.39 is 0 Å². The Labute approximate surface area is 148 Å². The third-order valence-electron chi connectivity index (χ3n) is 4.87. The van der Waals surface area contributed by atoms with Gasteiger partial charge in [-0.2, -0.15) is 0 Å². The predicted molar refractivity (Wildman–Crippen MR) is 101 cm³/mol. The summed E-state index contributed by atoms with van der Waals surface area (Å²) in [5.74, 6) is -0.636. The predicted octanol–water partition coefficient (Wildman–Crippen LogP) is 4.08. The van der Waals surface area contributed by atoms with Crippen molar-refractivity contribution in [1.82, 2.24) is 0 Å². The standard InChI is InChI=1S/C21H24N2O2/c1-4-15-6-9-16(10-7-15)22-20(24)18-12-19(18)21(25)23-17-8-5-13(2)14(3)11-17/h5-11,18-19H,4,12H2,1-3H3,(H,22,24)(H,23,25). The number of benzene rings is 2. The SMILES string of the molecule is CCc1ccc(NC(=O)C2CC2C(=O)Nc2ccc(C)c(C)c2)cc1. The quantitative estimate of drug-likeness (QED) is 0.864. The number of carbonyl (C=O) groups excluding carboxylic acids is 2. The molecule has 2 amide bonds. The van der Waals surface area contributed by atoms with Crippen molar-refractivity contribution < 1.29 is 9.59 Å². The molecule has 1 fully saturated rings. The normalized spacial score (nSPS) is 18.5. The lowest BCUT2D eigenvalue weighted by Crippen LogP contribution is -2.20. The van der Waals surface area contributed by atoms with Crippen LogP contribution in [0.1, 0.15) is 30.0 Å². The van der Waals surface area contributed by atoms with Crippen molar-refractivity contribution in [2.45, 2.75) is 33.6 Å². The molecule has 4 heteroatoms. The lowest BCUT2D eigenvalue weighted by molar-refractivity contribution is -0.122. The van der Waals surface area contributed by atoms with Gasteiger partial charge in [-0.25, -0.2) is 0 Å². The van der Waals surface area contributed by atoms with Crippen LogP contribution in [0.2, 0.25) is 0 Å². The van der Waals surface area contributed by atoms with Crippen molar-refractivity contribution in [1.29, 1.82) is 0 Å². The van der Waals surface area contributed by atoms with Crippen LogP contribution in [0.25, 0.3) is 0 Å². The summed E-state index contributed by atoms with van der Waals surface area (Å²) in [6.07, 6.45) is 1.58. The highest BCUT2D eigenvalue weighted by atomic mass is 16.2. The summed E-state index contributed by atoms with van der Waals surface area (Å²) >= 11 is 0. The molecule has 2 N–H and O–H groups in total.